The highest BCUT2D eigenvalue weighted by Gasteiger charge is 2.15. The largest absolute Gasteiger partial charge is 0.492 e. The standard InChI is InChI=1S/C8H8ClFN2O.C7H6ClFN2O2.CH4/c1-3-13-5(2)7-6(10)4-11-8(9)12-7;1-2-13-6(12)5-4(9)3-10-7(8)11-5;/h4H,2-3H2,1H3;3H,2H2,1H3;1H4. The number of rotatable bonds is 5. The number of ether oxygens (including phenoxy) is 2. The molecule has 148 valence electrons. The fourth-order valence-electron chi connectivity index (χ4n) is 1.47. The Kier molecular flexibility index (Phi) is 11.0. The Bertz CT molecular complexity index is 729. The third-order valence-corrected chi connectivity index (χ3v) is 2.85. The minimum Gasteiger partial charge on any atom is -0.492 e. The maximum atomic E-state index is 13.0. The quantitative estimate of drug-likeness (QED) is 0.401. The van der Waals surface area contributed by atoms with E-state index in [9.17, 15) is 13.6 Å². The minimum atomic E-state index is -0.845. The summed E-state index contributed by atoms with van der Waals surface area (Å²) in [6.45, 7) is 7.44. The summed E-state index contributed by atoms with van der Waals surface area (Å²) in [5.74, 6) is -2.13. The molecule has 0 radical (unpaired) electrons. The predicted octanol–water partition coefficient (Wildman–Crippen LogP) is 4.36. The van der Waals surface area contributed by atoms with Crippen LogP contribution in [-0.2, 0) is 9.47 Å². The van der Waals surface area contributed by atoms with Crippen molar-refractivity contribution in [2.45, 2.75) is 21.3 Å². The average molecular weight is 423 g/mol. The van der Waals surface area contributed by atoms with E-state index >= 15 is 0 Å². The molecule has 0 amide bonds. The monoisotopic (exact) mass is 422 g/mol. The van der Waals surface area contributed by atoms with Gasteiger partial charge in [0.25, 0.3) is 0 Å². The molecule has 0 unspecified atom stereocenters. The lowest BCUT2D eigenvalue weighted by Crippen LogP contribution is -2.10. The zero-order chi connectivity index (χ0) is 19.7. The Labute approximate surface area is 165 Å². The predicted molar refractivity (Wildman–Crippen MR) is 97.3 cm³/mol. The van der Waals surface area contributed by atoms with Crippen molar-refractivity contribution in [2.75, 3.05) is 13.2 Å². The average Bonchev–Trinajstić information content (AvgIpc) is 2.60. The third kappa shape index (κ3) is 7.79. The molecule has 2 aromatic rings. The van der Waals surface area contributed by atoms with Crippen LogP contribution in [0, 0.1) is 11.6 Å². The van der Waals surface area contributed by atoms with E-state index in [-0.39, 0.29) is 36.1 Å². The molecule has 0 aliphatic rings. The Balaban J connectivity index is 0.000000483. The number of hydrogen-bond acceptors (Lipinski definition) is 7. The van der Waals surface area contributed by atoms with Gasteiger partial charge in [-0.2, -0.15) is 0 Å². The molecular weight excluding hydrogens is 405 g/mol. The summed E-state index contributed by atoms with van der Waals surface area (Å²) in [7, 11) is 0. The molecule has 2 aromatic heterocycles. The molecule has 11 heteroatoms. The first-order valence-corrected chi connectivity index (χ1v) is 7.90. The molecule has 0 spiro atoms. The summed E-state index contributed by atoms with van der Waals surface area (Å²) in [4.78, 5) is 24.9. The molecule has 2 rings (SSSR count). The van der Waals surface area contributed by atoms with Crippen molar-refractivity contribution < 1.29 is 23.0 Å². The Hall–Kier alpha value is -2.39. The van der Waals surface area contributed by atoms with Gasteiger partial charge in [-0.3, -0.25) is 0 Å². The van der Waals surface area contributed by atoms with E-state index in [0.717, 1.165) is 12.4 Å². The molecule has 0 fully saturated rings. The summed E-state index contributed by atoms with van der Waals surface area (Å²) in [5.41, 5.74) is -0.441. The number of hydrogen-bond donors (Lipinski definition) is 0. The van der Waals surface area contributed by atoms with E-state index in [4.69, 9.17) is 27.9 Å². The van der Waals surface area contributed by atoms with Gasteiger partial charge in [-0.05, 0) is 37.0 Å². The van der Waals surface area contributed by atoms with Crippen LogP contribution in [0.4, 0.5) is 8.78 Å². The van der Waals surface area contributed by atoms with Crippen LogP contribution in [0.15, 0.2) is 19.0 Å². The molecule has 0 saturated carbocycles. The Morgan fingerprint density at radius 1 is 1.00 bits per heavy atom. The summed E-state index contributed by atoms with van der Waals surface area (Å²) >= 11 is 10.8. The number of carbonyl (C=O) groups excluding carboxylic acids is 1. The lowest BCUT2D eigenvalue weighted by atomic mass is 10.3. The van der Waals surface area contributed by atoms with Crippen molar-refractivity contribution in [2.24, 2.45) is 0 Å². The van der Waals surface area contributed by atoms with E-state index in [2.05, 4.69) is 31.3 Å². The highest BCUT2D eigenvalue weighted by atomic mass is 35.5. The Morgan fingerprint density at radius 3 is 1.93 bits per heavy atom. The van der Waals surface area contributed by atoms with E-state index in [1.54, 1.807) is 13.8 Å². The van der Waals surface area contributed by atoms with Crippen LogP contribution < -0.4 is 0 Å². The highest BCUT2D eigenvalue weighted by Crippen LogP contribution is 2.16. The van der Waals surface area contributed by atoms with Crippen LogP contribution in [0.5, 0.6) is 0 Å². The van der Waals surface area contributed by atoms with Gasteiger partial charge < -0.3 is 9.47 Å². The summed E-state index contributed by atoms with van der Waals surface area (Å²) in [5, 5.41) is -0.221. The van der Waals surface area contributed by atoms with Gasteiger partial charge in [0.05, 0.1) is 25.6 Å². The van der Waals surface area contributed by atoms with Crippen molar-refractivity contribution in [1.82, 2.24) is 19.9 Å². The van der Waals surface area contributed by atoms with Crippen LogP contribution in [0.1, 0.15) is 37.5 Å². The number of nitrogens with zero attached hydrogens (tertiary/aromatic N) is 4. The fourth-order valence-corrected chi connectivity index (χ4v) is 1.74. The normalized spacial score (nSPS) is 9.41. The van der Waals surface area contributed by atoms with Gasteiger partial charge in [0.2, 0.25) is 10.6 Å². The van der Waals surface area contributed by atoms with Crippen LogP contribution in [-0.4, -0.2) is 39.1 Å². The summed E-state index contributed by atoms with van der Waals surface area (Å²) in [6.07, 6.45) is 1.80. The smallest absolute Gasteiger partial charge is 0.360 e. The lowest BCUT2D eigenvalue weighted by Gasteiger charge is -2.06. The molecule has 0 aliphatic carbocycles. The summed E-state index contributed by atoms with van der Waals surface area (Å²) < 4.78 is 35.4. The second-order valence-electron chi connectivity index (χ2n) is 4.25. The fraction of sp³-hybridized carbons (Fsp3) is 0.312. The lowest BCUT2D eigenvalue weighted by molar-refractivity contribution is 0.0513. The van der Waals surface area contributed by atoms with Crippen LogP contribution in [0.2, 0.25) is 10.6 Å². The van der Waals surface area contributed by atoms with Crippen molar-refractivity contribution in [1.29, 1.82) is 0 Å². The van der Waals surface area contributed by atoms with Crippen LogP contribution in [0.25, 0.3) is 5.76 Å². The zero-order valence-electron chi connectivity index (χ0n) is 13.8. The number of esters is 1. The first-order valence-electron chi connectivity index (χ1n) is 7.15. The van der Waals surface area contributed by atoms with E-state index in [1.807, 2.05) is 0 Å². The van der Waals surface area contributed by atoms with Gasteiger partial charge in [0.15, 0.2) is 17.3 Å². The minimum absolute atomic E-state index is 0. The van der Waals surface area contributed by atoms with Crippen molar-refractivity contribution in [3.8, 4) is 0 Å². The molecule has 2 heterocycles. The van der Waals surface area contributed by atoms with Gasteiger partial charge in [-0.25, -0.2) is 33.5 Å². The number of halogens is 4. The Morgan fingerprint density at radius 2 is 1.44 bits per heavy atom. The van der Waals surface area contributed by atoms with Crippen molar-refractivity contribution in [3.63, 3.8) is 0 Å². The van der Waals surface area contributed by atoms with E-state index in [1.165, 1.54) is 0 Å². The van der Waals surface area contributed by atoms with E-state index < -0.39 is 23.3 Å². The molecule has 0 saturated heterocycles. The molecule has 0 bridgehead atoms. The van der Waals surface area contributed by atoms with Gasteiger partial charge in [0, 0.05) is 0 Å². The SMILES string of the molecule is C.C=C(OCC)c1nc(Cl)ncc1F.CCOC(=O)c1nc(Cl)ncc1F. The molecule has 7 nitrogen and oxygen atoms in total. The second kappa shape index (κ2) is 12.1. The van der Waals surface area contributed by atoms with Gasteiger partial charge in [-0.15, -0.1) is 0 Å². The maximum Gasteiger partial charge on any atom is 0.360 e. The molecular formula is C16H18Cl2F2N4O3. The summed E-state index contributed by atoms with van der Waals surface area (Å²) in [6, 6.07) is 0. The van der Waals surface area contributed by atoms with Crippen molar-refractivity contribution >= 4 is 34.9 Å². The molecule has 0 aliphatic heterocycles. The van der Waals surface area contributed by atoms with Crippen molar-refractivity contribution in [3.05, 3.63) is 52.6 Å². The van der Waals surface area contributed by atoms with Gasteiger partial charge in [0.1, 0.15) is 11.5 Å². The topological polar surface area (TPSA) is 87.1 Å². The van der Waals surface area contributed by atoms with Gasteiger partial charge >= 0.3 is 5.97 Å². The zero-order valence-corrected chi connectivity index (χ0v) is 15.3. The maximum absolute atomic E-state index is 13.0. The molecule has 0 atom stereocenters. The molecule has 0 N–H and O–H groups in total. The van der Waals surface area contributed by atoms with Crippen LogP contribution in [0.3, 0.4) is 0 Å². The van der Waals surface area contributed by atoms with Crippen LogP contribution >= 0.6 is 23.2 Å². The number of carbonyl (C=O) groups is 1. The van der Waals surface area contributed by atoms with E-state index in [0.29, 0.717) is 6.61 Å². The van der Waals surface area contributed by atoms with Gasteiger partial charge in [-0.1, -0.05) is 14.0 Å². The second-order valence-corrected chi connectivity index (χ2v) is 4.92. The first-order chi connectivity index (χ1) is 12.3. The first kappa shape index (κ1) is 24.6. The molecule has 0 aromatic carbocycles. The number of aromatic nitrogens is 4. The molecule has 27 heavy (non-hydrogen) atoms. The highest BCUT2D eigenvalue weighted by molar-refractivity contribution is 6.28. The third-order valence-electron chi connectivity index (χ3n) is 2.48.